The first kappa shape index (κ1) is 15.1. The third-order valence-electron chi connectivity index (χ3n) is 1.74. The molecule has 0 fully saturated rings. The first-order valence-electron chi connectivity index (χ1n) is 5.84. The summed E-state index contributed by atoms with van der Waals surface area (Å²) in [7, 11) is -2.18. The molecule has 3 N–H and O–H groups in total. The lowest BCUT2D eigenvalue weighted by Crippen LogP contribution is -2.75. The van der Waals surface area contributed by atoms with Crippen LogP contribution in [0.3, 0.4) is 0 Å². The molecule has 4 nitrogen and oxygen atoms in total. The van der Waals surface area contributed by atoms with Gasteiger partial charge in [-0.2, -0.15) is 0 Å². The van der Waals surface area contributed by atoms with E-state index in [9.17, 15) is 0 Å². The van der Waals surface area contributed by atoms with Crippen molar-refractivity contribution < 1.29 is 4.43 Å². The Bertz CT molecular complexity index is 154. The molecule has 0 aromatic carbocycles. The SMILES string of the molecule is CCN[Si](NCC)(NCC)OC(C)(C)C. The van der Waals surface area contributed by atoms with Gasteiger partial charge in [-0.15, -0.1) is 0 Å². The summed E-state index contributed by atoms with van der Waals surface area (Å²) in [5, 5.41) is 0. The molecule has 15 heavy (non-hydrogen) atoms. The summed E-state index contributed by atoms with van der Waals surface area (Å²) in [6.07, 6.45) is 0. The minimum Gasteiger partial charge on any atom is -0.375 e. The van der Waals surface area contributed by atoms with Crippen LogP contribution in [0.5, 0.6) is 0 Å². The van der Waals surface area contributed by atoms with E-state index in [1.165, 1.54) is 0 Å². The van der Waals surface area contributed by atoms with Gasteiger partial charge in [-0.05, 0) is 40.4 Å². The lowest BCUT2D eigenvalue weighted by atomic mass is 10.2. The van der Waals surface area contributed by atoms with Gasteiger partial charge in [-0.1, -0.05) is 20.8 Å². The van der Waals surface area contributed by atoms with Gasteiger partial charge in [0.2, 0.25) is 0 Å². The van der Waals surface area contributed by atoms with E-state index in [4.69, 9.17) is 4.43 Å². The van der Waals surface area contributed by atoms with Crippen LogP contribution in [0.4, 0.5) is 0 Å². The molecule has 0 unspecified atom stereocenters. The predicted octanol–water partition coefficient (Wildman–Crippen LogP) is 1.07. The fraction of sp³-hybridized carbons (Fsp3) is 1.00. The van der Waals surface area contributed by atoms with Crippen LogP contribution in [0.15, 0.2) is 0 Å². The van der Waals surface area contributed by atoms with E-state index in [2.05, 4.69) is 56.5 Å². The Labute approximate surface area is 95.5 Å². The quantitative estimate of drug-likeness (QED) is 0.576. The normalized spacial score (nSPS) is 13.2. The number of rotatable bonds is 7. The molecule has 0 aromatic heterocycles. The van der Waals surface area contributed by atoms with E-state index in [0.29, 0.717) is 0 Å². The molecule has 0 aliphatic carbocycles. The Morgan fingerprint density at radius 1 is 0.867 bits per heavy atom. The average Bonchev–Trinajstić information content (AvgIpc) is 2.01. The lowest BCUT2D eigenvalue weighted by molar-refractivity contribution is 0.101. The number of hydrogen-bond acceptors (Lipinski definition) is 4. The first-order valence-corrected chi connectivity index (χ1v) is 7.75. The summed E-state index contributed by atoms with van der Waals surface area (Å²) >= 11 is 0. The van der Waals surface area contributed by atoms with Crippen molar-refractivity contribution in [2.45, 2.75) is 47.1 Å². The highest BCUT2D eigenvalue weighted by atomic mass is 28.4. The Kier molecular flexibility index (Phi) is 6.62. The van der Waals surface area contributed by atoms with Gasteiger partial charge in [-0.3, -0.25) is 14.9 Å². The van der Waals surface area contributed by atoms with Crippen LogP contribution in [-0.2, 0) is 4.43 Å². The van der Waals surface area contributed by atoms with Gasteiger partial charge in [0.1, 0.15) is 0 Å². The van der Waals surface area contributed by atoms with Gasteiger partial charge in [0.05, 0.1) is 5.60 Å². The van der Waals surface area contributed by atoms with Crippen molar-refractivity contribution in [3.8, 4) is 0 Å². The Balaban J connectivity index is 4.60. The molecule has 0 aromatic rings. The van der Waals surface area contributed by atoms with Gasteiger partial charge >= 0.3 is 8.80 Å². The highest BCUT2D eigenvalue weighted by Gasteiger charge is 2.38. The number of nitrogens with one attached hydrogen (secondary N) is 3. The van der Waals surface area contributed by atoms with Crippen LogP contribution in [0, 0.1) is 0 Å². The number of hydrogen-bond donors (Lipinski definition) is 3. The topological polar surface area (TPSA) is 45.3 Å². The van der Waals surface area contributed by atoms with Crippen LogP contribution in [0.25, 0.3) is 0 Å². The van der Waals surface area contributed by atoms with Gasteiger partial charge in [-0.25, -0.2) is 0 Å². The van der Waals surface area contributed by atoms with E-state index in [1.54, 1.807) is 0 Å². The summed E-state index contributed by atoms with van der Waals surface area (Å²) in [5.74, 6) is 0. The minimum atomic E-state index is -2.18. The second-order valence-electron chi connectivity index (χ2n) is 4.49. The summed E-state index contributed by atoms with van der Waals surface area (Å²) in [5.41, 5.74) is -0.140. The molecule has 0 aliphatic heterocycles. The van der Waals surface area contributed by atoms with Crippen molar-refractivity contribution >= 4 is 8.80 Å². The Hall–Kier alpha value is 0.0569. The maximum Gasteiger partial charge on any atom is 0.440 e. The van der Waals surface area contributed by atoms with Crippen molar-refractivity contribution in [3.05, 3.63) is 0 Å². The lowest BCUT2D eigenvalue weighted by Gasteiger charge is -2.37. The van der Waals surface area contributed by atoms with Crippen molar-refractivity contribution in [1.29, 1.82) is 0 Å². The van der Waals surface area contributed by atoms with Crippen molar-refractivity contribution in [2.75, 3.05) is 19.6 Å². The summed E-state index contributed by atoms with van der Waals surface area (Å²) in [6.45, 7) is 15.3. The van der Waals surface area contributed by atoms with Crippen molar-refractivity contribution in [3.63, 3.8) is 0 Å². The van der Waals surface area contributed by atoms with Gasteiger partial charge in [0.15, 0.2) is 0 Å². The van der Waals surface area contributed by atoms with E-state index in [0.717, 1.165) is 19.6 Å². The molecule has 0 atom stereocenters. The highest BCUT2D eigenvalue weighted by Crippen LogP contribution is 2.11. The highest BCUT2D eigenvalue weighted by molar-refractivity contribution is 6.66. The molecule has 0 heterocycles. The van der Waals surface area contributed by atoms with Crippen LogP contribution >= 0.6 is 0 Å². The molecule has 0 saturated carbocycles. The van der Waals surface area contributed by atoms with Crippen LogP contribution < -0.4 is 14.9 Å². The molecule has 0 aliphatic rings. The van der Waals surface area contributed by atoms with E-state index < -0.39 is 8.80 Å². The summed E-state index contributed by atoms with van der Waals surface area (Å²) in [6, 6.07) is 0. The van der Waals surface area contributed by atoms with E-state index in [1.807, 2.05) is 0 Å². The standard InChI is InChI=1S/C10H27N3OSi/c1-7-11-15(12-8-2,13-9-3)14-10(4,5)6/h11-13H,7-9H2,1-6H3. The van der Waals surface area contributed by atoms with Crippen LogP contribution in [0.2, 0.25) is 0 Å². The maximum atomic E-state index is 6.15. The summed E-state index contributed by atoms with van der Waals surface area (Å²) in [4.78, 5) is 10.3. The molecule has 0 spiro atoms. The smallest absolute Gasteiger partial charge is 0.375 e. The third kappa shape index (κ3) is 6.27. The molecule has 0 amide bonds. The van der Waals surface area contributed by atoms with E-state index in [-0.39, 0.29) is 5.60 Å². The van der Waals surface area contributed by atoms with E-state index >= 15 is 0 Å². The van der Waals surface area contributed by atoms with Gasteiger partial charge in [0.25, 0.3) is 0 Å². The molecule has 0 bridgehead atoms. The maximum absolute atomic E-state index is 6.15. The van der Waals surface area contributed by atoms with Crippen molar-refractivity contribution in [1.82, 2.24) is 14.9 Å². The average molecular weight is 233 g/mol. The monoisotopic (exact) mass is 233 g/mol. The fourth-order valence-corrected chi connectivity index (χ4v) is 4.51. The molecular weight excluding hydrogens is 206 g/mol. The fourth-order valence-electron chi connectivity index (χ4n) is 1.50. The molecule has 0 radical (unpaired) electrons. The second kappa shape index (κ2) is 6.60. The third-order valence-corrected chi connectivity index (χ3v) is 5.21. The predicted molar refractivity (Wildman–Crippen MR) is 67.6 cm³/mol. The molecule has 92 valence electrons. The summed E-state index contributed by atoms with van der Waals surface area (Å²) < 4.78 is 6.15. The van der Waals surface area contributed by atoms with Gasteiger partial charge < -0.3 is 4.43 Å². The van der Waals surface area contributed by atoms with Crippen molar-refractivity contribution in [2.24, 2.45) is 0 Å². The molecule has 0 saturated heterocycles. The van der Waals surface area contributed by atoms with Crippen LogP contribution in [-0.4, -0.2) is 34.0 Å². The molecule has 5 heteroatoms. The zero-order valence-corrected chi connectivity index (χ0v) is 12.0. The van der Waals surface area contributed by atoms with Gasteiger partial charge in [0, 0.05) is 0 Å². The Morgan fingerprint density at radius 2 is 1.20 bits per heavy atom. The Morgan fingerprint density at radius 3 is 1.40 bits per heavy atom. The minimum absolute atomic E-state index is 0.140. The largest absolute Gasteiger partial charge is 0.440 e. The molecule has 0 rings (SSSR count). The van der Waals surface area contributed by atoms with Crippen LogP contribution in [0.1, 0.15) is 41.5 Å². The zero-order valence-electron chi connectivity index (χ0n) is 11.0. The first-order chi connectivity index (χ1) is 6.89. The second-order valence-corrected chi connectivity index (χ2v) is 7.11. The zero-order chi connectivity index (χ0) is 11.9. The molecular formula is C10H27N3OSi.